The average molecular weight is 358 g/mol. The number of furan rings is 1. The van der Waals surface area contributed by atoms with Gasteiger partial charge in [0, 0.05) is 10.8 Å². The van der Waals surface area contributed by atoms with Crippen molar-refractivity contribution in [3.05, 3.63) is 53.3 Å². The topological polar surface area (TPSA) is 22.4 Å². The molecule has 1 aromatic heterocycles. The smallest absolute Gasteiger partial charge is 0.208 e. The average Bonchev–Trinajstić information content (AvgIpc) is 3.00. The van der Waals surface area contributed by atoms with Gasteiger partial charge in [-0.25, -0.2) is 8.78 Å². The van der Waals surface area contributed by atoms with E-state index in [1.165, 1.54) is 6.07 Å². The summed E-state index contributed by atoms with van der Waals surface area (Å²) in [5.74, 6) is -2.03. The summed E-state index contributed by atoms with van der Waals surface area (Å²) in [6.07, 6.45) is 1.27. The van der Waals surface area contributed by atoms with E-state index in [-0.39, 0.29) is 22.3 Å². The minimum Gasteiger partial charge on any atom is -0.491 e. The first kappa shape index (κ1) is 16.8. The summed E-state index contributed by atoms with van der Waals surface area (Å²) in [6, 6.07) is 8.11. The number of aryl methyl sites for hydroxylation is 1. The van der Waals surface area contributed by atoms with Crippen molar-refractivity contribution in [1.82, 2.24) is 0 Å². The Kier molecular flexibility index (Phi) is 4.02. The van der Waals surface area contributed by atoms with Gasteiger partial charge in [-0.05, 0) is 42.5 Å². The second kappa shape index (κ2) is 6.24. The van der Waals surface area contributed by atoms with Gasteiger partial charge in [-0.3, -0.25) is 0 Å². The van der Waals surface area contributed by atoms with Gasteiger partial charge in [-0.15, -0.1) is 0 Å². The molecular formula is C21H17F3O2. The number of ether oxygens (including phenoxy) is 1. The van der Waals surface area contributed by atoms with Crippen LogP contribution in [0.4, 0.5) is 13.2 Å². The Morgan fingerprint density at radius 1 is 0.885 bits per heavy atom. The molecule has 3 aromatic carbocycles. The van der Waals surface area contributed by atoms with E-state index in [1.807, 2.05) is 6.92 Å². The van der Waals surface area contributed by atoms with E-state index >= 15 is 4.39 Å². The molecule has 26 heavy (non-hydrogen) atoms. The molecule has 0 aliphatic carbocycles. The molecule has 134 valence electrons. The monoisotopic (exact) mass is 358 g/mol. The van der Waals surface area contributed by atoms with Crippen molar-refractivity contribution in [2.45, 2.75) is 26.7 Å². The number of hydrogen-bond donors (Lipinski definition) is 0. The van der Waals surface area contributed by atoms with E-state index < -0.39 is 17.5 Å². The van der Waals surface area contributed by atoms with E-state index in [2.05, 4.69) is 0 Å². The van der Waals surface area contributed by atoms with E-state index in [1.54, 1.807) is 31.2 Å². The van der Waals surface area contributed by atoms with Crippen molar-refractivity contribution in [3.63, 3.8) is 0 Å². The SMILES string of the molecule is CCCc1ccc2cc3c(oc4c(F)c(OCC)ccc43)c(F)c2c1F. The summed E-state index contributed by atoms with van der Waals surface area (Å²) < 4.78 is 55.1. The lowest BCUT2D eigenvalue weighted by Gasteiger charge is -2.07. The molecule has 2 nitrogen and oxygen atoms in total. The predicted molar refractivity (Wildman–Crippen MR) is 96.3 cm³/mol. The van der Waals surface area contributed by atoms with Crippen molar-refractivity contribution in [3.8, 4) is 5.75 Å². The Morgan fingerprint density at radius 2 is 1.65 bits per heavy atom. The van der Waals surface area contributed by atoms with Crippen molar-refractivity contribution in [2.24, 2.45) is 0 Å². The van der Waals surface area contributed by atoms with Gasteiger partial charge in [0.05, 0.1) is 12.0 Å². The van der Waals surface area contributed by atoms with Gasteiger partial charge in [0.2, 0.25) is 5.82 Å². The Labute approximate surface area is 148 Å². The van der Waals surface area contributed by atoms with Gasteiger partial charge in [0.15, 0.2) is 22.7 Å². The van der Waals surface area contributed by atoms with Gasteiger partial charge < -0.3 is 9.15 Å². The first-order chi connectivity index (χ1) is 12.6. The fourth-order valence-corrected chi connectivity index (χ4v) is 3.41. The van der Waals surface area contributed by atoms with Crippen molar-refractivity contribution in [1.29, 1.82) is 0 Å². The zero-order valence-corrected chi connectivity index (χ0v) is 14.5. The Hall–Kier alpha value is -2.69. The van der Waals surface area contributed by atoms with Crippen LogP contribution in [0, 0.1) is 17.5 Å². The summed E-state index contributed by atoms with van der Waals surface area (Å²) >= 11 is 0. The van der Waals surface area contributed by atoms with E-state index in [9.17, 15) is 8.78 Å². The molecule has 0 bridgehead atoms. The second-order valence-corrected chi connectivity index (χ2v) is 6.24. The molecule has 0 amide bonds. The third-order valence-corrected chi connectivity index (χ3v) is 4.59. The molecule has 0 aliphatic rings. The lowest BCUT2D eigenvalue weighted by molar-refractivity contribution is 0.321. The molecule has 5 heteroatoms. The van der Waals surface area contributed by atoms with Crippen molar-refractivity contribution < 1.29 is 22.3 Å². The Bertz CT molecular complexity index is 1150. The summed E-state index contributed by atoms with van der Waals surface area (Å²) in [5, 5.41) is 1.15. The molecule has 4 aromatic rings. The van der Waals surface area contributed by atoms with Gasteiger partial charge in [0.1, 0.15) is 5.82 Å². The van der Waals surface area contributed by atoms with Crippen LogP contribution >= 0.6 is 0 Å². The van der Waals surface area contributed by atoms with E-state index in [0.717, 1.165) is 6.42 Å². The molecule has 0 saturated carbocycles. The van der Waals surface area contributed by atoms with Crippen LogP contribution in [-0.4, -0.2) is 6.61 Å². The highest BCUT2D eigenvalue weighted by Gasteiger charge is 2.21. The molecular weight excluding hydrogens is 341 g/mol. The maximum Gasteiger partial charge on any atom is 0.208 e. The van der Waals surface area contributed by atoms with Crippen LogP contribution in [0.3, 0.4) is 0 Å². The highest BCUT2D eigenvalue weighted by Crippen LogP contribution is 2.39. The maximum absolute atomic E-state index is 15.1. The lowest BCUT2D eigenvalue weighted by Crippen LogP contribution is -1.94. The van der Waals surface area contributed by atoms with Crippen LogP contribution in [0.1, 0.15) is 25.8 Å². The Morgan fingerprint density at radius 3 is 2.38 bits per heavy atom. The summed E-state index contributed by atoms with van der Waals surface area (Å²) in [6.45, 7) is 3.97. The third kappa shape index (κ3) is 2.34. The summed E-state index contributed by atoms with van der Waals surface area (Å²) in [7, 11) is 0. The summed E-state index contributed by atoms with van der Waals surface area (Å²) in [5.41, 5.74) is 0.223. The van der Waals surface area contributed by atoms with Gasteiger partial charge >= 0.3 is 0 Å². The minimum absolute atomic E-state index is 0.0421. The van der Waals surface area contributed by atoms with Crippen LogP contribution in [0.25, 0.3) is 32.7 Å². The molecule has 0 aliphatic heterocycles. The molecule has 0 saturated heterocycles. The lowest BCUT2D eigenvalue weighted by atomic mass is 10.0. The number of benzene rings is 3. The van der Waals surface area contributed by atoms with Gasteiger partial charge in [-0.1, -0.05) is 25.5 Å². The van der Waals surface area contributed by atoms with Crippen LogP contribution in [0.2, 0.25) is 0 Å². The maximum atomic E-state index is 15.1. The normalized spacial score (nSPS) is 11.7. The number of fused-ring (bicyclic) bond motifs is 4. The fraction of sp³-hybridized carbons (Fsp3) is 0.238. The molecule has 0 unspecified atom stereocenters. The number of hydrogen-bond acceptors (Lipinski definition) is 2. The number of rotatable bonds is 4. The molecule has 1 heterocycles. The highest BCUT2D eigenvalue weighted by molar-refractivity contribution is 6.11. The van der Waals surface area contributed by atoms with Gasteiger partial charge in [0.25, 0.3) is 0 Å². The largest absolute Gasteiger partial charge is 0.491 e. The molecule has 0 fully saturated rings. The second-order valence-electron chi connectivity index (χ2n) is 6.24. The quantitative estimate of drug-likeness (QED) is 0.415. The molecule has 0 atom stereocenters. The molecule has 0 radical (unpaired) electrons. The summed E-state index contributed by atoms with van der Waals surface area (Å²) in [4.78, 5) is 0. The zero-order chi connectivity index (χ0) is 18.4. The zero-order valence-electron chi connectivity index (χ0n) is 14.5. The molecule has 0 N–H and O–H groups in total. The predicted octanol–water partition coefficient (Wildman–Crippen LogP) is 6.51. The van der Waals surface area contributed by atoms with E-state index in [0.29, 0.717) is 34.7 Å². The van der Waals surface area contributed by atoms with Gasteiger partial charge in [-0.2, -0.15) is 4.39 Å². The van der Waals surface area contributed by atoms with Crippen LogP contribution in [0.5, 0.6) is 5.75 Å². The van der Waals surface area contributed by atoms with Crippen LogP contribution in [0.15, 0.2) is 34.7 Å². The minimum atomic E-state index is -0.804. The molecule has 0 spiro atoms. The standard InChI is InChI=1S/C21H17F3O2/c1-3-5-11-6-7-12-10-14-13-8-9-15(25-4-2)18(23)20(13)26-21(14)19(24)16(12)17(11)22/h6-10H,3-5H2,1-2H3. The van der Waals surface area contributed by atoms with E-state index in [4.69, 9.17) is 9.15 Å². The highest BCUT2D eigenvalue weighted by atomic mass is 19.1. The first-order valence-corrected chi connectivity index (χ1v) is 8.63. The van der Waals surface area contributed by atoms with Crippen molar-refractivity contribution >= 4 is 32.7 Å². The number of halogens is 3. The molecule has 4 rings (SSSR count). The first-order valence-electron chi connectivity index (χ1n) is 8.63. The third-order valence-electron chi connectivity index (χ3n) is 4.59. The van der Waals surface area contributed by atoms with Crippen molar-refractivity contribution in [2.75, 3.05) is 6.61 Å². The Balaban J connectivity index is 2.08. The van der Waals surface area contributed by atoms with Crippen LogP contribution < -0.4 is 4.74 Å². The fourth-order valence-electron chi connectivity index (χ4n) is 3.41. The van der Waals surface area contributed by atoms with Crippen LogP contribution in [-0.2, 0) is 6.42 Å².